The zero-order chi connectivity index (χ0) is 11.5. The third-order valence-electron chi connectivity index (χ3n) is 4.41. The Kier molecular flexibility index (Phi) is 4.57. The molecule has 0 aliphatic carbocycles. The van der Waals surface area contributed by atoms with Crippen molar-refractivity contribution in [2.75, 3.05) is 25.6 Å². The van der Waals surface area contributed by atoms with Gasteiger partial charge in [-0.25, -0.2) is 0 Å². The molecule has 0 spiro atoms. The first-order chi connectivity index (χ1) is 7.74. The van der Waals surface area contributed by atoms with Crippen LogP contribution in [0, 0.1) is 5.92 Å². The van der Waals surface area contributed by atoms with Gasteiger partial charge in [-0.05, 0) is 44.9 Å². The van der Waals surface area contributed by atoms with Crippen LogP contribution < -0.4 is 5.32 Å². The quantitative estimate of drug-likeness (QED) is 0.769. The molecule has 0 saturated carbocycles. The number of rotatable bonds is 6. The maximum atomic E-state index is 3.74. The predicted octanol–water partition coefficient (Wildman–Crippen LogP) is 2.20. The van der Waals surface area contributed by atoms with Gasteiger partial charge in [-0.3, -0.25) is 0 Å². The SMILES string of the molecule is CCC(CSC)N(C)CC1CC2CCC1N2. The first-order valence-corrected chi connectivity index (χ1v) is 8.09. The number of fused-ring (bicyclic) bond motifs is 2. The Morgan fingerprint density at radius 3 is 2.75 bits per heavy atom. The van der Waals surface area contributed by atoms with Crippen LogP contribution in [-0.2, 0) is 0 Å². The number of thioether (sulfide) groups is 1. The van der Waals surface area contributed by atoms with E-state index in [2.05, 4.69) is 30.4 Å². The van der Waals surface area contributed by atoms with Crippen molar-refractivity contribution in [1.29, 1.82) is 0 Å². The third kappa shape index (κ3) is 2.74. The molecule has 2 nitrogen and oxygen atoms in total. The summed E-state index contributed by atoms with van der Waals surface area (Å²) in [5.74, 6) is 2.20. The Morgan fingerprint density at radius 1 is 1.44 bits per heavy atom. The van der Waals surface area contributed by atoms with Crippen LogP contribution in [0.15, 0.2) is 0 Å². The minimum atomic E-state index is 0.772. The van der Waals surface area contributed by atoms with Gasteiger partial charge in [-0.1, -0.05) is 6.92 Å². The zero-order valence-corrected chi connectivity index (χ0v) is 11.7. The van der Waals surface area contributed by atoms with Crippen molar-refractivity contribution < 1.29 is 0 Å². The molecule has 3 heteroatoms. The van der Waals surface area contributed by atoms with Crippen LogP contribution in [0.2, 0.25) is 0 Å². The van der Waals surface area contributed by atoms with Crippen LogP contribution in [0.25, 0.3) is 0 Å². The highest BCUT2D eigenvalue weighted by atomic mass is 32.2. The molecule has 4 atom stereocenters. The lowest BCUT2D eigenvalue weighted by Gasteiger charge is -2.31. The summed E-state index contributed by atoms with van der Waals surface area (Å²) in [5.41, 5.74) is 0. The molecule has 94 valence electrons. The number of nitrogens with zero attached hydrogens (tertiary/aromatic N) is 1. The molecule has 0 amide bonds. The number of nitrogens with one attached hydrogen (secondary N) is 1. The molecule has 2 rings (SSSR count). The van der Waals surface area contributed by atoms with E-state index in [4.69, 9.17) is 0 Å². The first-order valence-electron chi connectivity index (χ1n) is 6.69. The lowest BCUT2D eigenvalue weighted by molar-refractivity contribution is 0.199. The normalized spacial score (nSPS) is 34.9. The average Bonchev–Trinajstić information content (AvgIpc) is 2.87. The van der Waals surface area contributed by atoms with Crippen LogP contribution >= 0.6 is 11.8 Å². The van der Waals surface area contributed by atoms with E-state index >= 15 is 0 Å². The van der Waals surface area contributed by atoms with Crippen molar-refractivity contribution in [2.45, 2.75) is 50.7 Å². The van der Waals surface area contributed by atoms with Crippen molar-refractivity contribution in [3.63, 3.8) is 0 Å². The summed E-state index contributed by atoms with van der Waals surface area (Å²) in [4.78, 5) is 2.60. The molecule has 2 heterocycles. The summed E-state index contributed by atoms with van der Waals surface area (Å²) in [7, 11) is 2.32. The van der Waals surface area contributed by atoms with Gasteiger partial charge < -0.3 is 10.2 Å². The van der Waals surface area contributed by atoms with Crippen LogP contribution in [0.3, 0.4) is 0 Å². The molecule has 4 unspecified atom stereocenters. The fourth-order valence-electron chi connectivity index (χ4n) is 3.41. The first kappa shape index (κ1) is 12.7. The minimum Gasteiger partial charge on any atom is -0.311 e. The van der Waals surface area contributed by atoms with E-state index in [-0.39, 0.29) is 0 Å². The second-order valence-electron chi connectivity index (χ2n) is 5.50. The second kappa shape index (κ2) is 5.74. The van der Waals surface area contributed by atoms with E-state index in [0.717, 1.165) is 24.0 Å². The lowest BCUT2D eigenvalue weighted by atomic mass is 9.88. The van der Waals surface area contributed by atoms with Gasteiger partial charge in [0.15, 0.2) is 0 Å². The third-order valence-corrected chi connectivity index (χ3v) is 5.13. The van der Waals surface area contributed by atoms with Gasteiger partial charge in [0.2, 0.25) is 0 Å². The van der Waals surface area contributed by atoms with Crippen molar-refractivity contribution in [1.82, 2.24) is 10.2 Å². The highest BCUT2D eigenvalue weighted by Gasteiger charge is 2.39. The highest BCUT2D eigenvalue weighted by Crippen LogP contribution is 2.33. The molecular weight excluding hydrogens is 216 g/mol. The Hall–Kier alpha value is 0.270. The van der Waals surface area contributed by atoms with Crippen LogP contribution in [-0.4, -0.2) is 48.6 Å². The fraction of sp³-hybridized carbons (Fsp3) is 1.00. The van der Waals surface area contributed by atoms with E-state index < -0.39 is 0 Å². The highest BCUT2D eigenvalue weighted by molar-refractivity contribution is 7.98. The molecule has 0 aromatic heterocycles. The van der Waals surface area contributed by atoms with E-state index in [1.165, 1.54) is 38.0 Å². The molecule has 0 aromatic rings. The maximum absolute atomic E-state index is 3.74. The summed E-state index contributed by atoms with van der Waals surface area (Å²) < 4.78 is 0. The van der Waals surface area contributed by atoms with Gasteiger partial charge >= 0.3 is 0 Å². The standard InChI is InChI=1S/C13H26N2S/c1-4-12(9-16-3)15(2)8-10-7-11-5-6-13(10)14-11/h10-14H,4-9H2,1-3H3. The van der Waals surface area contributed by atoms with Gasteiger partial charge in [0.05, 0.1) is 0 Å². The van der Waals surface area contributed by atoms with Crippen molar-refractivity contribution in [3.8, 4) is 0 Å². The van der Waals surface area contributed by atoms with E-state index in [9.17, 15) is 0 Å². The molecule has 2 bridgehead atoms. The number of hydrogen-bond donors (Lipinski definition) is 1. The maximum Gasteiger partial charge on any atom is 0.0180 e. The monoisotopic (exact) mass is 242 g/mol. The van der Waals surface area contributed by atoms with Crippen molar-refractivity contribution in [2.24, 2.45) is 5.92 Å². The molecule has 2 aliphatic rings. The summed E-state index contributed by atoms with van der Waals surface area (Å²) in [6.07, 6.45) is 7.77. The van der Waals surface area contributed by atoms with Gasteiger partial charge in [0, 0.05) is 30.4 Å². The predicted molar refractivity (Wildman–Crippen MR) is 73.1 cm³/mol. The zero-order valence-electron chi connectivity index (χ0n) is 10.9. The van der Waals surface area contributed by atoms with E-state index in [0.29, 0.717) is 0 Å². The van der Waals surface area contributed by atoms with Gasteiger partial charge in [-0.15, -0.1) is 0 Å². The fourth-order valence-corrected chi connectivity index (χ4v) is 4.28. The Bertz CT molecular complexity index is 222. The van der Waals surface area contributed by atoms with E-state index in [1.807, 2.05) is 11.8 Å². The summed E-state index contributed by atoms with van der Waals surface area (Å²) in [6.45, 7) is 3.61. The second-order valence-corrected chi connectivity index (χ2v) is 6.41. The Morgan fingerprint density at radius 2 is 2.25 bits per heavy atom. The molecule has 2 saturated heterocycles. The Balaban J connectivity index is 1.79. The molecule has 2 fully saturated rings. The molecular formula is C13H26N2S. The van der Waals surface area contributed by atoms with Gasteiger partial charge in [-0.2, -0.15) is 11.8 Å². The molecule has 2 aliphatic heterocycles. The molecule has 16 heavy (non-hydrogen) atoms. The smallest absolute Gasteiger partial charge is 0.0180 e. The molecule has 1 N–H and O–H groups in total. The summed E-state index contributed by atoms with van der Waals surface area (Å²) in [6, 6.07) is 2.46. The number of hydrogen-bond acceptors (Lipinski definition) is 3. The van der Waals surface area contributed by atoms with E-state index in [1.54, 1.807) is 0 Å². The van der Waals surface area contributed by atoms with Gasteiger partial charge in [0.1, 0.15) is 0 Å². The molecule has 0 radical (unpaired) electrons. The minimum absolute atomic E-state index is 0.772. The summed E-state index contributed by atoms with van der Waals surface area (Å²) >= 11 is 1.98. The van der Waals surface area contributed by atoms with Crippen LogP contribution in [0.1, 0.15) is 32.6 Å². The van der Waals surface area contributed by atoms with Crippen LogP contribution in [0.4, 0.5) is 0 Å². The lowest BCUT2D eigenvalue weighted by Crippen LogP contribution is -2.40. The summed E-state index contributed by atoms with van der Waals surface area (Å²) in [5, 5.41) is 3.74. The van der Waals surface area contributed by atoms with Crippen LogP contribution in [0.5, 0.6) is 0 Å². The Labute approximate surface area is 105 Å². The van der Waals surface area contributed by atoms with Crippen molar-refractivity contribution >= 4 is 11.8 Å². The molecule has 0 aromatic carbocycles. The largest absolute Gasteiger partial charge is 0.311 e. The average molecular weight is 242 g/mol. The topological polar surface area (TPSA) is 15.3 Å². The van der Waals surface area contributed by atoms with Gasteiger partial charge in [0.25, 0.3) is 0 Å². The van der Waals surface area contributed by atoms with Crippen molar-refractivity contribution in [3.05, 3.63) is 0 Å².